The number of piperidine rings is 1. The Bertz CT molecular complexity index is 490. The quantitative estimate of drug-likeness (QED) is 0.629. The van der Waals surface area contributed by atoms with Gasteiger partial charge in [0.15, 0.2) is 0 Å². The van der Waals surface area contributed by atoms with Crippen LogP contribution in [-0.4, -0.2) is 28.8 Å². The number of nitro benzene ring substituents is 1. The Hall–Kier alpha value is -1.91. The van der Waals surface area contributed by atoms with Crippen molar-refractivity contribution >= 4 is 11.6 Å². The smallest absolute Gasteiger partial charge is 0.269 e. The predicted molar refractivity (Wildman–Crippen MR) is 76.5 cm³/mol. The molecular formula is C15H20N2O3. The molecule has 1 atom stereocenters. The summed E-state index contributed by atoms with van der Waals surface area (Å²) >= 11 is 0. The van der Waals surface area contributed by atoms with Gasteiger partial charge >= 0.3 is 0 Å². The number of non-ortho nitro benzene ring substituents is 1. The zero-order valence-corrected chi connectivity index (χ0v) is 11.9. The maximum Gasteiger partial charge on any atom is 0.269 e. The lowest BCUT2D eigenvalue weighted by molar-refractivity contribution is -0.384. The second-order valence-corrected chi connectivity index (χ2v) is 5.58. The number of likely N-dealkylation sites (tertiary alicyclic amines) is 1. The van der Waals surface area contributed by atoms with Gasteiger partial charge in [-0.25, -0.2) is 0 Å². The van der Waals surface area contributed by atoms with E-state index in [-0.39, 0.29) is 17.5 Å². The summed E-state index contributed by atoms with van der Waals surface area (Å²) in [6, 6.07) is 6.26. The highest BCUT2D eigenvalue weighted by molar-refractivity contribution is 5.83. The Morgan fingerprint density at radius 3 is 2.35 bits per heavy atom. The molecule has 0 saturated carbocycles. The van der Waals surface area contributed by atoms with E-state index in [0.29, 0.717) is 5.92 Å². The molecule has 20 heavy (non-hydrogen) atoms. The van der Waals surface area contributed by atoms with Crippen molar-refractivity contribution in [3.05, 3.63) is 39.9 Å². The minimum absolute atomic E-state index is 0.0557. The number of benzene rings is 1. The van der Waals surface area contributed by atoms with Gasteiger partial charge in [-0.2, -0.15) is 0 Å². The Labute approximate surface area is 118 Å². The molecule has 0 N–H and O–H groups in total. The summed E-state index contributed by atoms with van der Waals surface area (Å²) in [7, 11) is 0. The molecule has 5 nitrogen and oxygen atoms in total. The van der Waals surface area contributed by atoms with Gasteiger partial charge in [-0.3, -0.25) is 14.9 Å². The molecule has 1 aromatic rings. The van der Waals surface area contributed by atoms with Crippen molar-refractivity contribution in [1.82, 2.24) is 4.90 Å². The number of nitrogens with zero attached hydrogens (tertiary/aromatic N) is 2. The van der Waals surface area contributed by atoms with Crippen LogP contribution in [0.2, 0.25) is 0 Å². The number of hydrogen-bond acceptors (Lipinski definition) is 3. The van der Waals surface area contributed by atoms with Gasteiger partial charge in [0.1, 0.15) is 0 Å². The summed E-state index contributed by atoms with van der Waals surface area (Å²) in [6.45, 7) is 5.71. The van der Waals surface area contributed by atoms with E-state index in [1.165, 1.54) is 12.1 Å². The zero-order valence-electron chi connectivity index (χ0n) is 11.9. The second kappa shape index (κ2) is 6.03. The van der Waals surface area contributed by atoms with E-state index in [1.54, 1.807) is 12.1 Å². The molecule has 1 heterocycles. The van der Waals surface area contributed by atoms with Crippen LogP contribution in [0, 0.1) is 16.0 Å². The van der Waals surface area contributed by atoms with Gasteiger partial charge in [-0.1, -0.05) is 19.1 Å². The lowest BCUT2D eigenvalue weighted by Gasteiger charge is -2.32. The number of amides is 1. The third kappa shape index (κ3) is 3.15. The zero-order chi connectivity index (χ0) is 14.7. The van der Waals surface area contributed by atoms with E-state index in [2.05, 4.69) is 6.92 Å². The van der Waals surface area contributed by atoms with Gasteiger partial charge in [0.2, 0.25) is 5.91 Å². The predicted octanol–water partition coefficient (Wildman–Crippen LogP) is 2.96. The molecule has 1 saturated heterocycles. The second-order valence-electron chi connectivity index (χ2n) is 5.58. The SMILES string of the molecule is CC1CCN(C(=O)[C@H](C)c2ccc([N+](=O)[O-])cc2)CC1. The topological polar surface area (TPSA) is 63.5 Å². The third-order valence-electron chi connectivity index (χ3n) is 4.07. The molecule has 0 spiro atoms. The summed E-state index contributed by atoms with van der Waals surface area (Å²) in [5.41, 5.74) is 0.888. The fraction of sp³-hybridized carbons (Fsp3) is 0.533. The number of carbonyl (C=O) groups is 1. The van der Waals surface area contributed by atoms with Gasteiger partial charge in [0.25, 0.3) is 5.69 Å². The van der Waals surface area contributed by atoms with Gasteiger partial charge in [0.05, 0.1) is 10.8 Å². The molecule has 1 aromatic carbocycles. The maximum atomic E-state index is 12.4. The summed E-state index contributed by atoms with van der Waals surface area (Å²) < 4.78 is 0. The number of hydrogen-bond donors (Lipinski definition) is 0. The van der Waals surface area contributed by atoms with Gasteiger partial charge in [-0.05, 0) is 31.2 Å². The van der Waals surface area contributed by atoms with E-state index in [4.69, 9.17) is 0 Å². The highest BCUT2D eigenvalue weighted by Crippen LogP contribution is 2.24. The minimum Gasteiger partial charge on any atom is -0.342 e. The van der Waals surface area contributed by atoms with Crippen molar-refractivity contribution in [2.75, 3.05) is 13.1 Å². The molecule has 0 bridgehead atoms. The largest absolute Gasteiger partial charge is 0.342 e. The average molecular weight is 276 g/mol. The van der Waals surface area contributed by atoms with E-state index >= 15 is 0 Å². The van der Waals surface area contributed by atoms with E-state index in [9.17, 15) is 14.9 Å². The van der Waals surface area contributed by atoms with Crippen molar-refractivity contribution in [3.63, 3.8) is 0 Å². The Kier molecular flexibility index (Phi) is 4.37. The van der Waals surface area contributed by atoms with Crippen molar-refractivity contribution in [2.45, 2.75) is 32.6 Å². The van der Waals surface area contributed by atoms with Crippen LogP contribution in [0.25, 0.3) is 0 Å². The highest BCUT2D eigenvalue weighted by atomic mass is 16.6. The molecule has 0 aliphatic carbocycles. The lowest BCUT2D eigenvalue weighted by atomic mass is 9.95. The molecule has 0 unspecified atom stereocenters. The average Bonchev–Trinajstić information content (AvgIpc) is 2.46. The summed E-state index contributed by atoms with van der Waals surface area (Å²) in [6.07, 6.45) is 2.11. The van der Waals surface area contributed by atoms with Gasteiger partial charge in [-0.15, -0.1) is 0 Å². The fourth-order valence-corrected chi connectivity index (χ4v) is 2.53. The molecule has 1 amide bonds. The maximum absolute atomic E-state index is 12.4. The van der Waals surface area contributed by atoms with Crippen molar-refractivity contribution in [2.24, 2.45) is 5.92 Å². The first-order chi connectivity index (χ1) is 9.49. The molecule has 1 fully saturated rings. The van der Waals surface area contributed by atoms with Crippen LogP contribution in [-0.2, 0) is 4.79 Å². The molecule has 2 rings (SSSR count). The first-order valence-electron chi connectivity index (χ1n) is 7.02. The van der Waals surface area contributed by atoms with Crippen LogP contribution in [0.1, 0.15) is 38.2 Å². The third-order valence-corrected chi connectivity index (χ3v) is 4.07. The molecule has 5 heteroatoms. The summed E-state index contributed by atoms with van der Waals surface area (Å²) in [5.74, 6) is 0.559. The van der Waals surface area contributed by atoms with Crippen molar-refractivity contribution < 1.29 is 9.72 Å². The van der Waals surface area contributed by atoms with Gasteiger partial charge in [0, 0.05) is 25.2 Å². The standard InChI is InChI=1S/C15H20N2O3/c1-11-7-9-16(10-8-11)15(18)12(2)13-3-5-14(6-4-13)17(19)20/h3-6,11-12H,7-10H2,1-2H3/t12-/m1/s1. The van der Waals surface area contributed by atoms with Crippen molar-refractivity contribution in [1.29, 1.82) is 0 Å². The van der Waals surface area contributed by atoms with Crippen LogP contribution in [0.15, 0.2) is 24.3 Å². The lowest BCUT2D eigenvalue weighted by Crippen LogP contribution is -2.40. The summed E-state index contributed by atoms with van der Waals surface area (Å²) in [4.78, 5) is 24.5. The molecular weight excluding hydrogens is 256 g/mol. The fourth-order valence-electron chi connectivity index (χ4n) is 2.53. The van der Waals surface area contributed by atoms with E-state index < -0.39 is 4.92 Å². The Morgan fingerprint density at radius 2 is 1.85 bits per heavy atom. The molecule has 108 valence electrons. The van der Waals surface area contributed by atoms with Crippen molar-refractivity contribution in [3.8, 4) is 0 Å². The molecule has 1 aliphatic rings. The minimum atomic E-state index is -0.428. The van der Waals surface area contributed by atoms with Crippen LogP contribution in [0.3, 0.4) is 0 Å². The monoisotopic (exact) mass is 276 g/mol. The molecule has 0 aromatic heterocycles. The Morgan fingerprint density at radius 1 is 1.30 bits per heavy atom. The first kappa shape index (κ1) is 14.5. The van der Waals surface area contributed by atoms with Crippen LogP contribution in [0.4, 0.5) is 5.69 Å². The van der Waals surface area contributed by atoms with Crippen LogP contribution < -0.4 is 0 Å². The number of rotatable bonds is 3. The highest BCUT2D eigenvalue weighted by Gasteiger charge is 2.25. The van der Waals surface area contributed by atoms with Crippen LogP contribution in [0.5, 0.6) is 0 Å². The number of nitro groups is 1. The first-order valence-corrected chi connectivity index (χ1v) is 7.02. The Balaban J connectivity index is 2.04. The van der Waals surface area contributed by atoms with Crippen LogP contribution >= 0.6 is 0 Å². The van der Waals surface area contributed by atoms with E-state index in [0.717, 1.165) is 31.5 Å². The molecule has 1 aliphatic heterocycles. The molecule has 0 radical (unpaired) electrons. The summed E-state index contributed by atoms with van der Waals surface area (Å²) in [5, 5.41) is 10.6. The normalized spacial score (nSPS) is 17.8. The van der Waals surface area contributed by atoms with E-state index in [1.807, 2.05) is 11.8 Å². The number of carbonyl (C=O) groups excluding carboxylic acids is 1. The van der Waals surface area contributed by atoms with Gasteiger partial charge < -0.3 is 4.90 Å².